The van der Waals surface area contributed by atoms with Crippen LogP contribution in [0.15, 0.2) is 12.1 Å². The second-order valence-corrected chi connectivity index (χ2v) is 6.39. The fourth-order valence-corrected chi connectivity index (χ4v) is 2.96. The van der Waals surface area contributed by atoms with Crippen LogP contribution in [0.5, 0.6) is 0 Å². The molecule has 0 bridgehead atoms. The number of hydrogen-bond acceptors (Lipinski definition) is 4. The molecule has 2 aromatic rings. The molecule has 1 fully saturated rings. The monoisotopic (exact) mass is 357 g/mol. The van der Waals surface area contributed by atoms with E-state index >= 15 is 0 Å². The molecule has 1 N–H and O–H groups in total. The topological polar surface area (TPSA) is 55.6 Å². The molecule has 136 valence electrons. The molecule has 2 heterocycles. The maximum Gasteiger partial charge on any atom is 0.280 e. The maximum absolute atomic E-state index is 13.3. The van der Waals surface area contributed by atoms with Gasteiger partial charge in [-0.1, -0.05) is 0 Å². The molecule has 0 amide bonds. The van der Waals surface area contributed by atoms with Crippen LogP contribution in [-0.2, 0) is 0 Å². The van der Waals surface area contributed by atoms with Crippen LogP contribution in [0.25, 0.3) is 5.95 Å². The van der Waals surface area contributed by atoms with Crippen LogP contribution in [0.1, 0.15) is 49.2 Å². The highest BCUT2D eigenvalue weighted by molar-refractivity contribution is 5.40. The highest BCUT2D eigenvalue weighted by Crippen LogP contribution is 2.34. The number of anilines is 1. The van der Waals surface area contributed by atoms with Gasteiger partial charge in [0, 0.05) is 30.6 Å². The summed E-state index contributed by atoms with van der Waals surface area (Å²) in [6.07, 6.45) is -2.69. The lowest BCUT2D eigenvalue weighted by atomic mass is 9.92. The minimum absolute atomic E-state index is 0.0343. The van der Waals surface area contributed by atoms with E-state index in [4.69, 9.17) is 0 Å². The smallest absolute Gasteiger partial charge is 0.280 e. The van der Waals surface area contributed by atoms with Gasteiger partial charge in [-0.15, -0.1) is 0 Å². The number of aryl methyl sites for hydroxylation is 2. The van der Waals surface area contributed by atoms with Gasteiger partial charge in [0.25, 0.3) is 12.4 Å². The van der Waals surface area contributed by atoms with Crippen LogP contribution in [0.4, 0.5) is 23.4 Å². The molecule has 0 aromatic carbocycles. The summed E-state index contributed by atoms with van der Waals surface area (Å²) in [6.45, 7) is 3.55. The molecule has 9 heteroatoms. The maximum atomic E-state index is 13.3. The highest BCUT2D eigenvalue weighted by Gasteiger charge is 2.35. The van der Waals surface area contributed by atoms with E-state index in [1.54, 1.807) is 19.9 Å². The van der Waals surface area contributed by atoms with Crippen molar-refractivity contribution < 1.29 is 17.6 Å². The summed E-state index contributed by atoms with van der Waals surface area (Å²) in [5.74, 6) is -2.41. The summed E-state index contributed by atoms with van der Waals surface area (Å²) >= 11 is 0. The standard InChI is InChI=1S/C16H19F4N5/c1-9-7-10(2)25(24-9)15-22-12(14(17)18)8-13(23-15)21-11-3-5-16(19,20)6-4-11/h7-8,11,14H,3-6H2,1-2H3,(H,21,22,23). The molecule has 0 unspecified atom stereocenters. The molecule has 0 saturated heterocycles. The number of halogens is 4. The summed E-state index contributed by atoms with van der Waals surface area (Å²) in [5, 5.41) is 7.20. The third kappa shape index (κ3) is 4.08. The molecular formula is C16H19F4N5. The second-order valence-electron chi connectivity index (χ2n) is 6.39. The first-order valence-corrected chi connectivity index (χ1v) is 8.09. The molecule has 25 heavy (non-hydrogen) atoms. The van der Waals surface area contributed by atoms with E-state index < -0.39 is 18.0 Å². The largest absolute Gasteiger partial charge is 0.367 e. The van der Waals surface area contributed by atoms with Crippen molar-refractivity contribution in [3.8, 4) is 5.95 Å². The Bertz CT molecular complexity index is 749. The van der Waals surface area contributed by atoms with Crippen LogP contribution in [0.2, 0.25) is 0 Å². The van der Waals surface area contributed by atoms with Crippen LogP contribution in [-0.4, -0.2) is 31.7 Å². The van der Waals surface area contributed by atoms with Gasteiger partial charge in [-0.2, -0.15) is 10.1 Å². The van der Waals surface area contributed by atoms with Gasteiger partial charge >= 0.3 is 0 Å². The first-order chi connectivity index (χ1) is 11.7. The molecule has 0 spiro atoms. The summed E-state index contributed by atoms with van der Waals surface area (Å²) in [4.78, 5) is 8.12. The molecule has 5 nitrogen and oxygen atoms in total. The van der Waals surface area contributed by atoms with Gasteiger partial charge in [0.1, 0.15) is 11.5 Å². The Labute approximate surface area is 142 Å². The number of alkyl halides is 4. The van der Waals surface area contributed by atoms with E-state index in [1.807, 2.05) is 0 Å². The van der Waals surface area contributed by atoms with Crippen molar-refractivity contribution in [1.29, 1.82) is 0 Å². The number of nitrogens with zero attached hydrogens (tertiary/aromatic N) is 4. The minimum Gasteiger partial charge on any atom is -0.367 e. The SMILES string of the molecule is Cc1cc(C)n(-c2nc(NC3CCC(F)(F)CC3)cc(C(F)F)n2)n1. The Hall–Kier alpha value is -2.19. The number of aromatic nitrogens is 4. The van der Waals surface area contributed by atoms with E-state index in [-0.39, 0.29) is 43.5 Å². The molecule has 3 rings (SSSR count). The summed E-state index contributed by atoms with van der Waals surface area (Å²) in [5.41, 5.74) is 1.00. The van der Waals surface area contributed by atoms with Crippen LogP contribution >= 0.6 is 0 Å². The fourth-order valence-electron chi connectivity index (χ4n) is 2.96. The molecule has 2 aromatic heterocycles. The van der Waals surface area contributed by atoms with Gasteiger partial charge in [0.2, 0.25) is 5.92 Å². The van der Waals surface area contributed by atoms with Gasteiger partial charge < -0.3 is 5.32 Å². The van der Waals surface area contributed by atoms with E-state index in [1.165, 1.54) is 4.68 Å². The lowest BCUT2D eigenvalue weighted by Crippen LogP contribution is -2.32. The fraction of sp³-hybridized carbons (Fsp3) is 0.562. The number of rotatable bonds is 4. The van der Waals surface area contributed by atoms with Crippen LogP contribution in [0, 0.1) is 13.8 Å². The van der Waals surface area contributed by atoms with E-state index in [0.29, 0.717) is 11.4 Å². The Kier molecular flexibility index (Phi) is 4.66. The van der Waals surface area contributed by atoms with Crippen LogP contribution in [0.3, 0.4) is 0 Å². The average Bonchev–Trinajstić information content (AvgIpc) is 2.88. The third-order valence-corrected chi connectivity index (χ3v) is 4.23. The van der Waals surface area contributed by atoms with Crippen molar-refractivity contribution in [1.82, 2.24) is 19.7 Å². The van der Waals surface area contributed by atoms with Crippen molar-refractivity contribution in [2.45, 2.75) is 57.9 Å². The minimum atomic E-state index is -2.77. The van der Waals surface area contributed by atoms with Crippen molar-refractivity contribution in [3.63, 3.8) is 0 Å². The quantitative estimate of drug-likeness (QED) is 0.833. The lowest BCUT2D eigenvalue weighted by molar-refractivity contribution is -0.0361. The Morgan fingerprint density at radius 2 is 1.84 bits per heavy atom. The second kappa shape index (κ2) is 6.61. The average molecular weight is 357 g/mol. The van der Waals surface area contributed by atoms with Crippen molar-refractivity contribution in [2.24, 2.45) is 0 Å². The molecule has 0 aliphatic heterocycles. The first-order valence-electron chi connectivity index (χ1n) is 8.09. The van der Waals surface area contributed by atoms with Crippen molar-refractivity contribution >= 4 is 5.82 Å². The Balaban J connectivity index is 1.87. The van der Waals surface area contributed by atoms with Gasteiger partial charge in [-0.25, -0.2) is 27.2 Å². The van der Waals surface area contributed by atoms with Crippen molar-refractivity contribution in [2.75, 3.05) is 5.32 Å². The third-order valence-electron chi connectivity index (χ3n) is 4.23. The summed E-state index contributed by atoms with van der Waals surface area (Å²) in [7, 11) is 0. The predicted octanol–water partition coefficient (Wildman–Crippen LogP) is 4.21. The zero-order valence-corrected chi connectivity index (χ0v) is 13.9. The predicted molar refractivity (Wildman–Crippen MR) is 84.4 cm³/mol. The first kappa shape index (κ1) is 17.6. The zero-order chi connectivity index (χ0) is 18.2. The van der Waals surface area contributed by atoms with Gasteiger partial charge in [-0.3, -0.25) is 0 Å². The Morgan fingerprint density at radius 1 is 1.16 bits per heavy atom. The number of nitrogens with one attached hydrogen (secondary N) is 1. The molecular weight excluding hydrogens is 338 g/mol. The van der Waals surface area contributed by atoms with Gasteiger partial charge in [-0.05, 0) is 32.8 Å². The molecule has 1 saturated carbocycles. The normalized spacial score (nSPS) is 17.9. The van der Waals surface area contributed by atoms with Gasteiger partial charge in [0.05, 0.1) is 5.69 Å². The number of hydrogen-bond donors (Lipinski definition) is 1. The Morgan fingerprint density at radius 3 is 2.40 bits per heavy atom. The van der Waals surface area contributed by atoms with Gasteiger partial charge in [0.15, 0.2) is 0 Å². The summed E-state index contributed by atoms with van der Waals surface area (Å²) in [6, 6.07) is 2.72. The summed E-state index contributed by atoms with van der Waals surface area (Å²) < 4.78 is 54.3. The van der Waals surface area contributed by atoms with E-state index in [2.05, 4.69) is 20.4 Å². The zero-order valence-electron chi connectivity index (χ0n) is 13.9. The molecule has 1 aliphatic rings. The molecule has 1 aliphatic carbocycles. The van der Waals surface area contributed by atoms with Crippen molar-refractivity contribution in [3.05, 3.63) is 29.2 Å². The van der Waals surface area contributed by atoms with E-state index in [0.717, 1.165) is 6.07 Å². The highest BCUT2D eigenvalue weighted by atomic mass is 19.3. The lowest BCUT2D eigenvalue weighted by Gasteiger charge is -2.29. The van der Waals surface area contributed by atoms with Crippen LogP contribution < -0.4 is 5.32 Å². The molecule has 0 radical (unpaired) electrons. The van der Waals surface area contributed by atoms with E-state index in [9.17, 15) is 17.6 Å². The molecule has 0 atom stereocenters.